The number of rotatable bonds is 4. The Labute approximate surface area is 203 Å². The Balaban J connectivity index is 1.54. The molecule has 6 nitrogen and oxygen atoms in total. The summed E-state index contributed by atoms with van der Waals surface area (Å²) in [6.45, 7) is 14.5. The quantitative estimate of drug-likeness (QED) is 0.535. The Kier molecular flexibility index (Phi) is 6.53. The largest absolute Gasteiger partial charge is 0.354 e. The summed E-state index contributed by atoms with van der Waals surface area (Å²) in [7, 11) is -3.53. The summed E-state index contributed by atoms with van der Waals surface area (Å²) >= 11 is 0. The van der Waals surface area contributed by atoms with Crippen molar-refractivity contribution < 1.29 is 8.42 Å². The van der Waals surface area contributed by atoms with E-state index in [4.69, 9.17) is 9.97 Å². The molecule has 2 heterocycles. The molecule has 0 atom stereocenters. The zero-order valence-electron chi connectivity index (χ0n) is 21.0. The van der Waals surface area contributed by atoms with Crippen LogP contribution >= 0.6 is 0 Å². The lowest BCUT2D eigenvalue weighted by Gasteiger charge is -2.35. The summed E-state index contributed by atoms with van der Waals surface area (Å²) in [5.74, 6) is 1.59. The maximum atomic E-state index is 13.3. The lowest BCUT2D eigenvalue weighted by molar-refractivity contribution is 0.383. The molecule has 0 saturated carbocycles. The number of hydrogen-bond donors (Lipinski definition) is 0. The Morgan fingerprint density at radius 1 is 0.853 bits per heavy atom. The minimum atomic E-state index is -3.53. The number of hydrogen-bond acceptors (Lipinski definition) is 5. The van der Waals surface area contributed by atoms with Gasteiger partial charge in [0.05, 0.1) is 4.90 Å². The number of nitrogens with zero attached hydrogens (tertiary/aromatic N) is 4. The first-order valence-corrected chi connectivity index (χ1v) is 13.2. The molecule has 3 aromatic rings. The molecule has 0 amide bonds. The van der Waals surface area contributed by atoms with Crippen LogP contribution in [0.2, 0.25) is 0 Å². The molecular formula is C27H34N4O2S. The van der Waals surface area contributed by atoms with Crippen LogP contribution in [0.1, 0.15) is 43.2 Å². The molecule has 7 heteroatoms. The first-order valence-electron chi connectivity index (χ1n) is 11.7. The van der Waals surface area contributed by atoms with Crippen LogP contribution in [0.25, 0.3) is 11.4 Å². The van der Waals surface area contributed by atoms with Gasteiger partial charge in [0.15, 0.2) is 5.82 Å². The summed E-state index contributed by atoms with van der Waals surface area (Å²) in [5, 5.41) is 0. The monoisotopic (exact) mass is 478 g/mol. The fourth-order valence-electron chi connectivity index (χ4n) is 4.25. The highest BCUT2D eigenvalue weighted by Crippen LogP contribution is 2.28. The summed E-state index contributed by atoms with van der Waals surface area (Å²) in [5.41, 5.74) is 5.23. The molecule has 1 aliphatic rings. The molecular weight excluding hydrogens is 444 g/mol. The average molecular weight is 479 g/mol. The van der Waals surface area contributed by atoms with Crippen molar-refractivity contribution in [1.82, 2.24) is 14.3 Å². The summed E-state index contributed by atoms with van der Waals surface area (Å²) in [6, 6.07) is 15.5. The predicted octanol–water partition coefficient (Wildman–Crippen LogP) is 4.88. The van der Waals surface area contributed by atoms with Crippen LogP contribution in [0.5, 0.6) is 0 Å². The van der Waals surface area contributed by atoms with E-state index in [1.54, 1.807) is 16.4 Å². The molecule has 0 unspecified atom stereocenters. The lowest BCUT2D eigenvalue weighted by Crippen LogP contribution is -2.49. The Hall–Kier alpha value is -2.77. The van der Waals surface area contributed by atoms with Crippen LogP contribution in [0.15, 0.2) is 53.4 Å². The number of anilines is 1. The van der Waals surface area contributed by atoms with Gasteiger partial charge in [0.25, 0.3) is 0 Å². The van der Waals surface area contributed by atoms with Crippen LogP contribution in [0, 0.1) is 20.8 Å². The third kappa shape index (κ3) is 4.86. The fraction of sp³-hybridized carbons (Fsp3) is 0.407. The van der Waals surface area contributed by atoms with E-state index in [0.717, 1.165) is 33.8 Å². The molecule has 0 radical (unpaired) electrons. The van der Waals surface area contributed by atoms with E-state index < -0.39 is 10.0 Å². The smallest absolute Gasteiger partial charge is 0.243 e. The minimum Gasteiger partial charge on any atom is -0.354 e. The van der Waals surface area contributed by atoms with Gasteiger partial charge in [-0.15, -0.1) is 0 Å². The molecule has 180 valence electrons. The van der Waals surface area contributed by atoms with Gasteiger partial charge in [-0.25, -0.2) is 18.4 Å². The van der Waals surface area contributed by atoms with Gasteiger partial charge in [-0.2, -0.15) is 4.31 Å². The molecule has 0 spiro atoms. The second-order valence-electron chi connectivity index (χ2n) is 10.1. The third-order valence-corrected chi connectivity index (χ3v) is 8.45. The van der Waals surface area contributed by atoms with Crippen molar-refractivity contribution >= 4 is 15.8 Å². The van der Waals surface area contributed by atoms with Gasteiger partial charge < -0.3 is 4.90 Å². The van der Waals surface area contributed by atoms with Crippen molar-refractivity contribution in [2.75, 3.05) is 31.1 Å². The number of benzene rings is 2. The Morgan fingerprint density at radius 2 is 1.50 bits per heavy atom. The second kappa shape index (κ2) is 9.12. The lowest BCUT2D eigenvalue weighted by atomic mass is 9.87. The summed E-state index contributed by atoms with van der Waals surface area (Å²) in [6.07, 6.45) is 0. The second-order valence-corrected chi connectivity index (χ2v) is 12.1. The van der Waals surface area contributed by atoms with Gasteiger partial charge in [-0.3, -0.25) is 0 Å². The van der Waals surface area contributed by atoms with Crippen LogP contribution in [0.4, 0.5) is 5.82 Å². The minimum absolute atomic E-state index is 0.0151. The Morgan fingerprint density at radius 3 is 2.09 bits per heavy atom. The topological polar surface area (TPSA) is 66.4 Å². The van der Waals surface area contributed by atoms with Crippen molar-refractivity contribution in [3.63, 3.8) is 0 Å². The van der Waals surface area contributed by atoms with Crippen molar-refractivity contribution in [2.24, 2.45) is 0 Å². The van der Waals surface area contributed by atoms with Crippen LogP contribution in [0.3, 0.4) is 0 Å². The first kappa shape index (κ1) is 24.4. The third-order valence-electron chi connectivity index (χ3n) is 6.54. The molecule has 1 fully saturated rings. The molecule has 0 aliphatic carbocycles. The van der Waals surface area contributed by atoms with E-state index >= 15 is 0 Å². The zero-order chi connectivity index (χ0) is 24.7. The van der Waals surface area contributed by atoms with Crippen LogP contribution < -0.4 is 4.90 Å². The van der Waals surface area contributed by atoms with Gasteiger partial charge in [-0.1, -0.05) is 56.7 Å². The molecule has 1 saturated heterocycles. The Bertz CT molecular complexity index is 1290. The van der Waals surface area contributed by atoms with E-state index in [1.807, 2.05) is 38.1 Å². The van der Waals surface area contributed by atoms with Gasteiger partial charge in [0, 0.05) is 43.0 Å². The summed E-state index contributed by atoms with van der Waals surface area (Å²) in [4.78, 5) is 12.1. The van der Waals surface area contributed by atoms with Crippen molar-refractivity contribution in [3.8, 4) is 11.4 Å². The maximum absolute atomic E-state index is 13.3. The van der Waals surface area contributed by atoms with Crippen LogP contribution in [-0.2, 0) is 15.4 Å². The van der Waals surface area contributed by atoms with Gasteiger partial charge in [-0.05, 0) is 49.9 Å². The standard InChI is InChI=1S/C27H34N4O2S/c1-19-8-7-9-22(18-19)25-28-21(3)20(2)26(29-25)30-14-16-31(17-15-30)34(32,33)24-12-10-23(11-13-24)27(4,5)6/h7-13,18H,14-17H2,1-6H3. The average Bonchev–Trinajstić information content (AvgIpc) is 2.80. The van der Waals surface area contributed by atoms with Crippen molar-refractivity contribution in [3.05, 3.63) is 70.9 Å². The van der Waals surface area contributed by atoms with Gasteiger partial charge in [0.2, 0.25) is 10.0 Å². The van der Waals surface area contributed by atoms with E-state index in [0.29, 0.717) is 36.9 Å². The molecule has 2 aromatic carbocycles. The number of aryl methyl sites for hydroxylation is 2. The fourth-order valence-corrected chi connectivity index (χ4v) is 5.67. The molecule has 1 aliphatic heterocycles. The molecule has 0 bridgehead atoms. The van der Waals surface area contributed by atoms with E-state index in [1.165, 1.54) is 0 Å². The highest BCUT2D eigenvalue weighted by molar-refractivity contribution is 7.89. The van der Waals surface area contributed by atoms with Gasteiger partial charge >= 0.3 is 0 Å². The molecule has 0 N–H and O–H groups in total. The molecule has 34 heavy (non-hydrogen) atoms. The summed E-state index contributed by atoms with van der Waals surface area (Å²) < 4.78 is 28.1. The van der Waals surface area contributed by atoms with Crippen LogP contribution in [-0.4, -0.2) is 48.9 Å². The first-order chi connectivity index (χ1) is 16.0. The van der Waals surface area contributed by atoms with Gasteiger partial charge in [0.1, 0.15) is 5.82 Å². The highest BCUT2D eigenvalue weighted by atomic mass is 32.2. The number of sulfonamides is 1. The van der Waals surface area contributed by atoms with E-state index in [2.05, 4.69) is 44.7 Å². The SMILES string of the molecule is Cc1cccc(-c2nc(C)c(C)c(N3CCN(S(=O)(=O)c4ccc(C(C)(C)C)cc4)CC3)n2)c1. The molecule has 1 aromatic heterocycles. The molecule has 4 rings (SSSR count). The zero-order valence-corrected chi connectivity index (χ0v) is 21.8. The maximum Gasteiger partial charge on any atom is 0.243 e. The normalized spacial score (nSPS) is 15.5. The van der Waals surface area contributed by atoms with Crippen molar-refractivity contribution in [2.45, 2.75) is 51.9 Å². The number of aromatic nitrogens is 2. The predicted molar refractivity (Wildman–Crippen MR) is 138 cm³/mol. The van der Waals surface area contributed by atoms with Crippen molar-refractivity contribution in [1.29, 1.82) is 0 Å². The van der Waals surface area contributed by atoms with E-state index in [9.17, 15) is 8.42 Å². The van der Waals surface area contributed by atoms with E-state index in [-0.39, 0.29) is 5.41 Å². The number of piperazine rings is 1. The highest BCUT2D eigenvalue weighted by Gasteiger charge is 2.30.